The minimum Gasteiger partial charge on any atom is -0.494 e. The maximum Gasteiger partial charge on any atom is 0.338 e. The number of carbonyl (C=O) groups is 2. The Labute approximate surface area is 239 Å². The van der Waals surface area contributed by atoms with Crippen molar-refractivity contribution in [1.82, 2.24) is 0 Å². The number of unbranched alkanes of at least 4 members (excludes halogenated alkanes) is 3. The molecule has 4 aromatic rings. The molecule has 1 atom stereocenters. The third-order valence-corrected chi connectivity index (χ3v) is 7.61. The molecule has 1 amide bonds. The van der Waals surface area contributed by atoms with Crippen molar-refractivity contribution in [2.75, 3.05) is 18.1 Å². The average Bonchev–Trinajstić information content (AvgIpc) is 3.26. The molecule has 0 bridgehead atoms. The summed E-state index contributed by atoms with van der Waals surface area (Å²) in [4.78, 5) is 41.7. The zero-order valence-electron chi connectivity index (χ0n) is 24.0. The summed E-state index contributed by atoms with van der Waals surface area (Å²) in [5.74, 6) is -0.0913. The van der Waals surface area contributed by atoms with Crippen LogP contribution < -0.4 is 15.1 Å². The number of carbonyl (C=O) groups excluding carboxylic acids is 2. The van der Waals surface area contributed by atoms with Crippen molar-refractivity contribution in [3.05, 3.63) is 104 Å². The highest BCUT2D eigenvalue weighted by Gasteiger charge is 2.43. The Morgan fingerprint density at radius 1 is 0.902 bits per heavy atom. The molecule has 1 unspecified atom stereocenters. The fourth-order valence-corrected chi connectivity index (χ4v) is 5.25. The lowest BCUT2D eigenvalue weighted by atomic mass is 9.97. The number of nitrogens with zero attached hydrogens (tertiary/aromatic N) is 1. The number of benzene rings is 3. The summed E-state index contributed by atoms with van der Waals surface area (Å²) < 4.78 is 17.2. The predicted octanol–water partition coefficient (Wildman–Crippen LogP) is 7.30. The zero-order valence-corrected chi connectivity index (χ0v) is 24.0. The molecule has 5 rings (SSSR count). The molecule has 1 aromatic heterocycles. The fraction of sp³-hybridized carbons (Fsp3) is 0.324. The molecular formula is C34H35NO6. The van der Waals surface area contributed by atoms with Crippen LogP contribution in [-0.4, -0.2) is 25.1 Å². The van der Waals surface area contributed by atoms with Gasteiger partial charge < -0.3 is 13.9 Å². The molecule has 0 radical (unpaired) electrons. The zero-order chi connectivity index (χ0) is 29.1. The van der Waals surface area contributed by atoms with E-state index in [1.165, 1.54) is 12.8 Å². The number of rotatable bonds is 10. The van der Waals surface area contributed by atoms with Crippen molar-refractivity contribution in [2.45, 2.75) is 59.4 Å². The van der Waals surface area contributed by atoms with Gasteiger partial charge in [0.05, 0.1) is 35.8 Å². The topological polar surface area (TPSA) is 86.0 Å². The van der Waals surface area contributed by atoms with Gasteiger partial charge in [0.1, 0.15) is 11.3 Å². The summed E-state index contributed by atoms with van der Waals surface area (Å²) in [6.45, 7) is 8.71. The lowest BCUT2D eigenvalue weighted by Crippen LogP contribution is -2.29. The van der Waals surface area contributed by atoms with Crippen molar-refractivity contribution in [1.29, 1.82) is 0 Å². The van der Waals surface area contributed by atoms with Gasteiger partial charge in [-0.25, -0.2) is 4.79 Å². The van der Waals surface area contributed by atoms with Crippen molar-refractivity contribution in [2.24, 2.45) is 0 Å². The van der Waals surface area contributed by atoms with E-state index in [0.29, 0.717) is 34.4 Å². The molecule has 3 aromatic carbocycles. The summed E-state index contributed by atoms with van der Waals surface area (Å²) in [6, 6.07) is 17.0. The van der Waals surface area contributed by atoms with E-state index in [1.54, 1.807) is 42.2 Å². The second kappa shape index (κ2) is 12.0. The van der Waals surface area contributed by atoms with Crippen LogP contribution in [0.3, 0.4) is 0 Å². The Hall–Kier alpha value is -4.39. The molecule has 7 heteroatoms. The number of esters is 1. The Balaban J connectivity index is 1.57. The lowest BCUT2D eigenvalue weighted by molar-refractivity contribution is 0.0526. The third-order valence-electron chi connectivity index (χ3n) is 7.61. The van der Waals surface area contributed by atoms with Gasteiger partial charge in [-0.2, -0.15) is 0 Å². The molecule has 7 nitrogen and oxygen atoms in total. The number of aryl methyl sites for hydroxylation is 2. The van der Waals surface area contributed by atoms with Crippen molar-refractivity contribution in [3.63, 3.8) is 0 Å². The van der Waals surface area contributed by atoms with E-state index in [4.69, 9.17) is 13.9 Å². The molecule has 0 spiro atoms. The monoisotopic (exact) mass is 553 g/mol. The van der Waals surface area contributed by atoms with Crippen LogP contribution in [-0.2, 0) is 4.74 Å². The van der Waals surface area contributed by atoms with E-state index >= 15 is 0 Å². The molecular weight excluding hydrogens is 518 g/mol. The van der Waals surface area contributed by atoms with E-state index in [0.717, 1.165) is 35.3 Å². The van der Waals surface area contributed by atoms with Crippen molar-refractivity contribution < 1.29 is 23.5 Å². The molecule has 0 fully saturated rings. The van der Waals surface area contributed by atoms with E-state index in [9.17, 15) is 14.4 Å². The highest BCUT2D eigenvalue weighted by molar-refractivity contribution is 6.11. The standard InChI is InChI=1S/C34H35NO6/c1-5-7-8-9-18-40-26-16-12-23(13-17-26)30-29-31(36)27-19-21(3)22(4)20-28(27)41-32(29)33(37)35(30)25-14-10-24(11-15-25)34(38)39-6-2/h10-17,19-20,30H,5-9,18H2,1-4H3. The van der Waals surface area contributed by atoms with E-state index in [-0.39, 0.29) is 17.8 Å². The lowest BCUT2D eigenvalue weighted by Gasteiger charge is -2.25. The molecule has 1 aliphatic heterocycles. The number of hydrogen-bond acceptors (Lipinski definition) is 6. The van der Waals surface area contributed by atoms with Crippen LogP contribution in [0.1, 0.15) is 88.7 Å². The first-order chi connectivity index (χ1) is 19.8. The molecule has 1 aliphatic rings. The van der Waals surface area contributed by atoms with Gasteiger partial charge in [-0.3, -0.25) is 14.5 Å². The van der Waals surface area contributed by atoms with Gasteiger partial charge in [0.25, 0.3) is 5.91 Å². The molecule has 41 heavy (non-hydrogen) atoms. The highest BCUT2D eigenvalue weighted by atomic mass is 16.5. The summed E-state index contributed by atoms with van der Waals surface area (Å²) in [7, 11) is 0. The summed E-state index contributed by atoms with van der Waals surface area (Å²) in [6.07, 6.45) is 4.47. The number of hydrogen-bond donors (Lipinski definition) is 0. The van der Waals surface area contributed by atoms with Gasteiger partial charge in [-0.1, -0.05) is 38.3 Å². The minimum atomic E-state index is -0.716. The van der Waals surface area contributed by atoms with Crippen LogP contribution in [0.4, 0.5) is 5.69 Å². The van der Waals surface area contributed by atoms with E-state index < -0.39 is 17.9 Å². The second-order valence-electron chi connectivity index (χ2n) is 10.4. The van der Waals surface area contributed by atoms with E-state index in [2.05, 4.69) is 6.92 Å². The van der Waals surface area contributed by atoms with Crippen LogP contribution in [0.15, 0.2) is 69.9 Å². The molecule has 2 heterocycles. The third kappa shape index (κ3) is 5.49. The van der Waals surface area contributed by atoms with Gasteiger partial charge in [0.15, 0.2) is 5.43 Å². The molecule has 0 N–H and O–H groups in total. The Bertz CT molecular complexity index is 1640. The summed E-state index contributed by atoms with van der Waals surface area (Å²) in [5.41, 5.74) is 4.06. The van der Waals surface area contributed by atoms with Crippen molar-refractivity contribution >= 4 is 28.5 Å². The van der Waals surface area contributed by atoms with Gasteiger partial charge in [0, 0.05) is 5.69 Å². The molecule has 0 saturated carbocycles. The molecule has 212 valence electrons. The van der Waals surface area contributed by atoms with Crippen LogP contribution >= 0.6 is 0 Å². The van der Waals surface area contributed by atoms with Crippen LogP contribution in [0.25, 0.3) is 11.0 Å². The largest absolute Gasteiger partial charge is 0.494 e. The van der Waals surface area contributed by atoms with E-state index in [1.807, 2.05) is 44.2 Å². The minimum absolute atomic E-state index is 0.0291. The summed E-state index contributed by atoms with van der Waals surface area (Å²) in [5, 5.41) is 0.441. The second-order valence-corrected chi connectivity index (χ2v) is 10.4. The fourth-order valence-electron chi connectivity index (χ4n) is 5.25. The van der Waals surface area contributed by atoms with Crippen LogP contribution in [0.5, 0.6) is 5.75 Å². The average molecular weight is 554 g/mol. The number of amides is 1. The number of ether oxygens (including phenoxy) is 2. The first-order valence-electron chi connectivity index (χ1n) is 14.3. The van der Waals surface area contributed by atoms with Gasteiger partial charge in [-0.05, 0) is 92.4 Å². The maximum absolute atomic E-state index is 14.0. The Morgan fingerprint density at radius 2 is 1.61 bits per heavy atom. The summed E-state index contributed by atoms with van der Waals surface area (Å²) >= 11 is 0. The number of fused-ring (bicyclic) bond motifs is 2. The predicted molar refractivity (Wildman–Crippen MR) is 159 cm³/mol. The van der Waals surface area contributed by atoms with Crippen molar-refractivity contribution in [3.8, 4) is 5.75 Å². The molecule has 0 aliphatic carbocycles. The first kappa shape index (κ1) is 28.1. The van der Waals surface area contributed by atoms with Gasteiger partial charge >= 0.3 is 5.97 Å². The quantitative estimate of drug-likeness (QED) is 0.151. The Kier molecular flexibility index (Phi) is 8.24. The number of anilines is 1. The Morgan fingerprint density at radius 3 is 2.29 bits per heavy atom. The van der Waals surface area contributed by atoms with Crippen LogP contribution in [0, 0.1) is 13.8 Å². The molecule has 0 saturated heterocycles. The van der Waals surface area contributed by atoms with Gasteiger partial charge in [-0.15, -0.1) is 0 Å². The highest BCUT2D eigenvalue weighted by Crippen LogP contribution is 2.41. The normalized spacial score (nSPS) is 14.4. The SMILES string of the molecule is CCCCCCOc1ccc(C2c3c(oc4cc(C)c(C)cc4c3=O)C(=O)N2c2ccc(C(=O)OCC)cc2)cc1. The smallest absolute Gasteiger partial charge is 0.338 e. The maximum atomic E-state index is 14.0. The van der Waals surface area contributed by atoms with Crippen LogP contribution in [0.2, 0.25) is 0 Å². The van der Waals surface area contributed by atoms with Gasteiger partial charge in [0.2, 0.25) is 5.76 Å². The first-order valence-corrected chi connectivity index (χ1v) is 14.3.